The largest absolute Gasteiger partial charge is 0.341 e. The molecule has 3 rings (SSSR count). The molecule has 2 heterocycles. The van der Waals surface area contributed by atoms with Crippen molar-refractivity contribution >= 4 is 17.5 Å². The summed E-state index contributed by atoms with van der Waals surface area (Å²) in [6.07, 6.45) is 7.97. The van der Waals surface area contributed by atoms with E-state index < -0.39 is 0 Å². The molecule has 1 fully saturated rings. The summed E-state index contributed by atoms with van der Waals surface area (Å²) in [4.78, 5) is 11.6. The van der Waals surface area contributed by atoms with Crippen molar-refractivity contribution in [2.24, 2.45) is 0 Å². The fraction of sp³-hybridized carbons (Fsp3) is 0.474. The summed E-state index contributed by atoms with van der Waals surface area (Å²) in [5, 5.41) is 3.51. The van der Waals surface area contributed by atoms with E-state index in [-0.39, 0.29) is 0 Å². The van der Waals surface area contributed by atoms with Crippen molar-refractivity contribution in [2.75, 3.05) is 23.3 Å². The molecule has 0 amide bonds. The Morgan fingerprint density at radius 2 is 1.87 bits per heavy atom. The van der Waals surface area contributed by atoms with Gasteiger partial charge in [-0.15, -0.1) is 0 Å². The average Bonchev–Trinajstić information content (AvgIpc) is 2.86. The Bertz CT molecular complexity index is 646. The SMILES string of the molecule is CCc1cccc(C)c1Nc1ccnc(N2CCCCCC2)n1. The fourth-order valence-electron chi connectivity index (χ4n) is 3.17. The van der Waals surface area contributed by atoms with Gasteiger partial charge < -0.3 is 10.2 Å². The van der Waals surface area contributed by atoms with E-state index in [0.29, 0.717) is 0 Å². The summed E-state index contributed by atoms with van der Waals surface area (Å²) in [6, 6.07) is 8.37. The maximum atomic E-state index is 4.75. The molecule has 4 nitrogen and oxygen atoms in total. The van der Waals surface area contributed by atoms with E-state index in [2.05, 4.69) is 47.2 Å². The van der Waals surface area contributed by atoms with Crippen molar-refractivity contribution in [1.29, 1.82) is 0 Å². The minimum absolute atomic E-state index is 0.850. The standard InChI is InChI=1S/C19H26N4/c1-3-16-10-8-9-15(2)18(16)21-17-11-12-20-19(22-17)23-13-6-4-5-7-14-23/h8-12H,3-7,13-14H2,1-2H3,(H,20,21,22). The van der Waals surface area contributed by atoms with Gasteiger partial charge >= 0.3 is 0 Å². The Hall–Kier alpha value is -2.10. The van der Waals surface area contributed by atoms with Crippen molar-refractivity contribution in [2.45, 2.75) is 46.0 Å². The number of rotatable bonds is 4. The fourth-order valence-corrected chi connectivity index (χ4v) is 3.17. The molecule has 0 unspecified atom stereocenters. The lowest BCUT2D eigenvalue weighted by Crippen LogP contribution is -2.26. The molecular weight excluding hydrogens is 284 g/mol. The summed E-state index contributed by atoms with van der Waals surface area (Å²) in [6.45, 7) is 6.45. The lowest BCUT2D eigenvalue weighted by Gasteiger charge is -2.21. The highest BCUT2D eigenvalue weighted by atomic mass is 15.3. The molecule has 122 valence electrons. The third-order valence-corrected chi connectivity index (χ3v) is 4.52. The topological polar surface area (TPSA) is 41.1 Å². The van der Waals surface area contributed by atoms with Crippen molar-refractivity contribution < 1.29 is 0 Å². The highest BCUT2D eigenvalue weighted by molar-refractivity contribution is 5.65. The lowest BCUT2D eigenvalue weighted by atomic mass is 10.1. The smallest absolute Gasteiger partial charge is 0.227 e. The molecule has 1 aromatic carbocycles. The van der Waals surface area contributed by atoms with Gasteiger partial charge in [-0.25, -0.2) is 4.98 Å². The van der Waals surface area contributed by atoms with Crippen LogP contribution in [0, 0.1) is 6.92 Å². The Morgan fingerprint density at radius 1 is 1.09 bits per heavy atom. The summed E-state index contributed by atoms with van der Waals surface area (Å²) in [5.74, 6) is 1.73. The summed E-state index contributed by atoms with van der Waals surface area (Å²) < 4.78 is 0. The van der Waals surface area contributed by atoms with Gasteiger partial charge in [0.25, 0.3) is 0 Å². The molecule has 0 radical (unpaired) electrons. The minimum atomic E-state index is 0.850. The van der Waals surface area contributed by atoms with Gasteiger partial charge in [-0.2, -0.15) is 4.98 Å². The van der Waals surface area contributed by atoms with E-state index in [0.717, 1.165) is 31.3 Å². The van der Waals surface area contributed by atoms with E-state index in [1.54, 1.807) is 0 Å². The van der Waals surface area contributed by atoms with Crippen LogP contribution in [0.2, 0.25) is 0 Å². The third kappa shape index (κ3) is 3.81. The number of nitrogens with one attached hydrogen (secondary N) is 1. The van der Waals surface area contributed by atoms with Crippen LogP contribution < -0.4 is 10.2 Å². The van der Waals surface area contributed by atoms with Crippen LogP contribution in [0.25, 0.3) is 0 Å². The van der Waals surface area contributed by atoms with E-state index in [4.69, 9.17) is 4.98 Å². The van der Waals surface area contributed by atoms with Crippen LogP contribution in [-0.4, -0.2) is 23.1 Å². The van der Waals surface area contributed by atoms with E-state index in [9.17, 15) is 0 Å². The first kappa shape index (κ1) is 15.8. The molecule has 23 heavy (non-hydrogen) atoms. The number of aromatic nitrogens is 2. The van der Waals surface area contributed by atoms with Crippen molar-refractivity contribution in [3.63, 3.8) is 0 Å². The van der Waals surface area contributed by atoms with Crippen molar-refractivity contribution in [3.05, 3.63) is 41.6 Å². The molecule has 1 aromatic heterocycles. The molecule has 0 atom stereocenters. The number of anilines is 3. The van der Waals surface area contributed by atoms with Crippen LogP contribution in [0.5, 0.6) is 0 Å². The summed E-state index contributed by atoms with van der Waals surface area (Å²) in [5.41, 5.74) is 3.75. The second kappa shape index (κ2) is 7.44. The van der Waals surface area contributed by atoms with Crippen molar-refractivity contribution in [1.82, 2.24) is 9.97 Å². The zero-order valence-corrected chi connectivity index (χ0v) is 14.2. The second-order valence-corrected chi connectivity index (χ2v) is 6.23. The molecular formula is C19H26N4. The summed E-state index contributed by atoms with van der Waals surface area (Å²) >= 11 is 0. The molecule has 1 N–H and O–H groups in total. The molecule has 1 saturated heterocycles. The number of hydrogen-bond donors (Lipinski definition) is 1. The summed E-state index contributed by atoms with van der Waals surface area (Å²) in [7, 11) is 0. The lowest BCUT2D eigenvalue weighted by molar-refractivity contribution is 0.726. The van der Waals surface area contributed by atoms with Crippen molar-refractivity contribution in [3.8, 4) is 0 Å². The van der Waals surface area contributed by atoms with Gasteiger partial charge in [0.05, 0.1) is 0 Å². The molecule has 1 aliphatic heterocycles. The predicted octanol–water partition coefficient (Wildman–Crippen LogP) is 4.47. The molecule has 4 heteroatoms. The molecule has 0 saturated carbocycles. The van der Waals surface area contributed by atoms with E-state index >= 15 is 0 Å². The van der Waals surface area contributed by atoms with E-state index in [1.165, 1.54) is 42.5 Å². The zero-order valence-electron chi connectivity index (χ0n) is 14.2. The first-order valence-electron chi connectivity index (χ1n) is 8.71. The normalized spacial score (nSPS) is 15.3. The zero-order chi connectivity index (χ0) is 16.1. The van der Waals surface area contributed by atoms with Gasteiger partial charge in [0, 0.05) is 25.0 Å². The maximum Gasteiger partial charge on any atom is 0.227 e. The predicted molar refractivity (Wildman–Crippen MR) is 96.6 cm³/mol. The van der Waals surface area contributed by atoms with Gasteiger partial charge in [-0.1, -0.05) is 38.0 Å². The molecule has 0 aliphatic carbocycles. The highest BCUT2D eigenvalue weighted by Crippen LogP contribution is 2.25. The molecule has 0 bridgehead atoms. The van der Waals surface area contributed by atoms with Gasteiger partial charge in [0.2, 0.25) is 5.95 Å². The Labute approximate surface area is 139 Å². The van der Waals surface area contributed by atoms with Gasteiger partial charge in [0.1, 0.15) is 5.82 Å². The number of benzene rings is 1. The molecule has 0 spiro atoms. The van der Waals surface area contributed by atoms with Crippen LogP contribution in [0.15, 0.2) is 30.5 Å². The average molecular weight is 310 g/mol. The number of nitrogens with zero attached hydrogens (tertiary/aromatic N) is 3. The number of hydrogen-bond acceptors (Lipinski definition) is 4. The first-order valence-corrected chi connectivity index (χ1v) is 8.71. The van der Waals surface area contributed by atoms with Crippen LogP contribution in [0.3, 0.4) is 0 Å². The molecule has 1 aliphatic rings. The van der Waals surface area contributed by atoms with Crippen LogP contribution in [0.1, 0.15) is 43.7 Å². The van der Waals surface area contributed by atoms with Gasteiger partial charge in [0.15, 0.2) is 0 Å². The third-order valence-electron chi connectivity index (χ3n) is 4.52. The Kier molecular flexibility index (Phi) is 5.11. The van der Waals surface area contributed by atoms with Crippen LogP contribution in [-0.2, 0) is 6.42 Å². The minimum Gasteiger partial charge on any atom is -0.341 e. The second-order valence-electron chi connectivity index (χ2n) is 6.23. The number of para-hydroxylation sites is 1. The first-order chi connectivity index (χ1) is 11.3. The maximum absolute atomic E-state index is 4.75. The van der Waals surface area contributed by atoms with Crippen LogP contribution >= 0.6 is 0 Å². The quantitative estimate of drug-likeness (QED) is 0.904. The van der Waals surface area contributed by atoms with Crippen LogP contribution in [0.4, 0.5) is 17.5 Å². The molecule has 2 aromatic rings. The Morgan fingerprint density at radius 3 is 2.61 bits per heavy atom. The van der Waals surface area contributed by atoms with E-state index in [1.807, 2.05) is 12.3 Å². The van der Waals surface area contributed by atoms with Gasteiger partial charge in [-0.3, -0.25) is 0 Å². The monoisotopic (exact) mass is 310 g/mol. The number of aryl methyl sites for hydroxylation is 2. The highest BCUT2D eigenvalue weighted by Gasteiger charge is 2.13. The van der Waals surface area contributed by atoms with Gasteiger partial charge in [-0.05, 0) is 43.4 Å². The Balaban J connectivity index is 1.83.